The Morgan fingerprint density at radius 3 is 2.75 bits per heavy atom. The van der Waals surface area contributed by atoms with Crippen molar-refractivity contribution in [2.24, 2.45) is 0 Å². The number of nitrogens with zero attached hydrogens (tertiary/aromatic N) is 1. The van der Waals surface area contributed by atoms with E-state index in [2.05, 4.69) is 10.2 Å². The van der Waals surface area contributed by atoms with Crippen molar-refractivity contribution in [3.05, 3.63) is 0 Å². The van der Waals surface area contributed by atoms with Crippen molar-refractivity contribution < 1.29 is 9.53 Å². The van der Waals surface area contributed by atoms with Crippen molar-refractivity contribution >= 4 is 5.97 Å². The van der Waals surface area contributed by atoms with Crippen molar-refractivity contribution in [2.75, 3.05) is 26.2 Å². The molecule has 4 nitrogen and oxygen atoms in total. The molecule has 68 valence electrons. The first-order valence-corrected chi connectivity index (χ1v) is 4.50. The highest BCUT2D eigenvalue weighted by Gasteiger charge is 2.29. The van der Waals surface area contributed by atoms with Crippen LogP contribution in [0.15, 0.2) is 0 Å². The van der Waals surface area contributed by atoms with Crippen LogP contribution in [0, 0.1) is 0 Å². The highest BCUT2D eigenvalue weighted by atomic mass is 16.6. The molecule has 2 aliphatic rings. The van der Waals surface area contributed by atoms with Crippen LogP contribution >= 0.6 is 0 Å². The standard InChI is InChI=1S/C8H14N2O2/c11-8-2-1-7(12-8)10-5-3-9-4-6-10/h7,9H,1-6H2/t7-/m0/s1. The summed E-state index contributed by atoms with van der Waals surface area (Å²) < 4.78 is 5.16. The van der Waals surface area contributed by atoms with Gasteiger partial charge in [0.2, 0.25) is 0 Å². The highest BCUT2D eigenvalue weighted by Crippen LogP contribution is 2.17. The number of nitrogens with one attached hydrogen (secondary N) is 1. The summed E-state index contributed by atoms with van der Waals surface area (Å²) in [5, 5.41) is 3.27. The number of carbonyl (C=O) groups excluding carboxylic acids is 1. The molecule has 1 N–H and O–H groups in total. The zero-order valence-corrected chi connectivity index (χ0v) is 7.08. The van der Waals surface area contributed by atoms with E-state index in [1.807, 2.05) is 0 Å². The second-order valence-corrected chi connectivity index (χ2v) is 3.27. The average molecular weight is 170 g/mol. The van der Waals surface area contributed by atoms with Gasteiger partial charge in [0.15, 0.2) is 6.23 Å². The molecule has 12 heavy (non-hydrogen) atoms. The Balaban J connectivity index is 1.86. The van der Waals surface area contributed by atoms with Crippen molar-refractivity contribution in [3.63, 3.8) is 0 Å². The Kier molecular flexibility index (Phi) is 2.28. The topological polar surface area (TPSA) is 41.6 Å². The molecular weight excluding hydrogens is 156 g/mol. The van der Waals surface area contributed by atoms with Gasteiger partial charge >= 0.3 is 5.97 Å². The number of carbonyl (C=O) groups is 1. The van der Waals surface area contributed by atoms with Gasteiger partial charge in [0.25, 0.3) is 0 Å². The van der Waals surface area contributed by atoms with E-state index in [9.17, 15) is 4.79 Å². The van der Waals surface area contributed by atoms with E-state index < -0.39 is 0 Å². The quantitative estimate of drug-likeness (QED) is 0.541. The van der Waals surface area contributed by atoms with E-state index in [4.69, 9.17) is 4.74 Å². The van der Waals surface area contributed by atoms with Crippen LogP contribution in [0.1, 0.15) is 12.8 Å². The Morgan fingerprint density at radius 2 is 2.17 bits per heavy atom. The van der Waals surface area contributed by atoms with Gasteiger partial charge in [-0.2, -0.15) is 0 Å². The van der Waals surface area contributed by atoms with E-state index in [0.29, 0.717) is 6.42 Å². The van der Waals surface area contributed by atoms with Gasteiger partial charge in [0.05, 0.1) is 6.42 Å². The second-order valence-electron chi connectivity index (χ2n) is 3.27. The van der Waals surface area contributed by atoms with Crippen LogP contribution in [-0.2, 0) is 9.53 Å². The van der Waals surface area contributed by atoms with Gasteiger partial charge in [-0.05, 0) is 0 Å². The first-order valence-electron chi connectivity index (χ1n) is 4.50. The molecule has 0 aromatic heterocycles. The molecule has 0 bridgehead atoms. The highest BCUT2D eigenvalue weighted by molar-refractivity contribution is 5.71. The largest absolute Gasteiger partial charge is 0.446 e. The maximum Gasteiger partial charge on any atom is 0.307 e. The van der Waals surface area contributed by atoms with Gasteiger partial charge in [0.1, 0.15) is 0 Å². The number of esters is 1. The fourth-order valence-electron chi connectivity index (χ4n) is 1.74. The molecule has 0 aromatic rings. The number of hydrogen-bond acceptors (Lipinski definition) is 4. The molecular formula is C8H14N2O2. The van der Waals surface area contributed by atoms with E-state index in [1.165, 1.54) is 0 Å². The van der Waals surface area contributed by atoms with Gasteiger partial charge in [-0.1, -0.05) is 0 Å². The minimum atomic E-state index is -0.0430. The van der Waals surface area contributed by atoms with Crippen LogP contribution in [0.3, 0.4) is 0 Å². The Bertz CT molecular complexity index is 178. The summed E-state index contributed by atoms with van der Waals surface area (Å²) in [6.07, 6.45) is 1.53. The molecule has 0 aliphatic carbocycles. The zero-order chi connectivity index (χ0) is 8.39. The fourth-order valence-corrected chi connectivity index (χ4v) is 1.74. The van der Waals surface area contributed by atoms with E-state index in [0.717, 1.165) is 32.6 Å². The molecule has 0 saturated carbocycles. The van der Waals surface area contributed by atoms with Crippen LogP contribution in [0.4, 0.5) is 0 Å². The predicted molar refractivity (Wildman–Crippen MR) is 43.6 cm³/mol. The smallest absolute Gasteiger partial charge is 0.307 e. The van der Waals surface area contributed by atoms with Gasteiger partial charge in [-0.25, -0.2) is 0 Å². The summed E-state index contributed by atoms with van der Waals surface area (Å²) in [6, 6.07) is 0. The number of hydrogen-bond donors (Lipinski definition) is 1. The van der Waals surface area contributed by atoms with Crippen molar-refractivity contribution in [2.45, 2.75) is 19.1 Å². The molecule has 0 spiro atoms. The average Bonchev–Trinajstić information content (AvgIpc) is 2.54. The van der Waals surface area contributed by atoms with Crippen LogP contribution in [0.2, 0.25) is 0 Å². The number of rotatable bonds is 1. The minimum absolute atomic E-state index is 0.0430. The van der Waals surface area contributed by atoms with Gasteiger partial charge in [-0.3, -0.25) is 9.69 Å². The molecule has 0 unspecified atom stereocenters. The molecule has 0 radical (unpaired) electrons. The lowest BCUT2D eigenvalue weighted by molar-refractivity contribution is -0.148. The van der Waals surface area contributed by atoms with Crippen LogP contribution in [0.5, 0.6) is 0 Å². The maximum absolute atomic E-state index is 10.8. The van der Waals surface area contributed by atoms with Crippen molar-refractivity contribution in [1.29, 1.82) is 0 Å². The third-order valence-corrected chi connectivity index (χ3v) is 2.42. The number of cyclic esters (lactones) is 1. The van der Waals surface area contributed by atoms with Crippen molar-refractivity contribution in [1.82, 2.24) is 10.2 Å². The summed E-state index contributed by atoms with van der Waals surface area (Å²) in [5.74, 6) is -0.0430. The third kappa shape index (κ3) is 1.59. The first kappa shape index (κ1) is 8.01. The normalized spacial score (nSPS) is 32.0. The predicted octanol–water partition coefficient (Wildman–Crippen LogP) is -0.445. The molecule has 0 amide bonds. The lowest BCUT2D eigenvalue weighted by atomic mass is 10.3. The summed E-state index contributed by atoms with van der Waals surface area (Å²) in [6.45, 7) is 4.01. The molecule has 2 rings (SSSR count). The molecule has 2 aliphatic heterocycles. The number of ether oxygens (including phenoxy) is 1. The van der Waals surface area contributed by atoms with Gasteiger partial charge in [-0.15, -0.1) is 0 Å². The monoisotopic (exact) mass is 170 g/mol. The van der Waals surface area contributed by atoms with Gasteiger partial charge in [0, 0.05) is 32.6 Å². The van der Waals surface area contributed by atoms with E-state index >= 15 is 0 Å². The first-order chi connectivity index (χ1) is 5.86. The third-order valence-electron chi connectivity index (χ3n) is 2.42. The zero-order valence-electron chi connectivity index (χ0n) is 7.08. The lowest BCUT2D eigenvalue weighted by Gasteiger charge is -2.31. The van der Waals surface area contributed by atoms with Crippen LogP contribution in [-0.4, -0.2) is 43.3 Å². The fraction of sp³-hybridized carbons (Fsp3) is 0.875. The Labute approximate surface area is 71.9 Å². The number of piperazine rings is 1. The maximum atomic E-state index is 10.8. The summed E-state index contributed by atoms with van der Waals surface area (Å²) in [7, 11) is 0. The Hall–Kier alpha value is -0.610. The van der Waals surface area contributed by atoms with Crippen LogP contribution < -0.4 is 5.32 Å². The Morgan fingerprint density at radius 1 is 1.42 bits per heavy atom. The van der Waals surface area contributed by atoms with Gasteiger partial charge < -0.3 is 10.1 Å². The molecule has 0 aromatic carbocycles. The SMILES string of the molecule is O=C1CC[C@@H](N2CCNCC2)O1. The van der Waals surface area contributed by atoms with Crippen molar-refractivity contribution in [3.8, 4) is 0 Å². The van der Waals surface area contributed by atoms with Crippen LogP contribution in [0.25, 0.3) is 0 Å². The van der Waals surface area contributed by atoms with E-state index in [-0.39, 0.29) is 12.2 Å². The molecule has 2 saturated heterocycles. The molecule has 2 fully saturated rings. The molecule has 2 heterocycles. The summed E-state index contributed by atoms with van der Waals surface area (Å²) >= 11 is 0. The molecule has 4 heteroatoms. The lowest BCUT2D eigenvalue weighted by Crippen LogP contribution is -2.48. The summed E-state index contributed by atoms with van der Waals surface area (Å²) in [4.78, 5) is 13.1. The summed E-state index contributed by atoms with van der Waals surface area (Å²) in [5.41, 5.74) is 0. The molecule has 1 atom stereocenters. The minimum Gasteiger partial charge on any atom is -0.446 e. The van der Waals surface area contributed by atoms with E-state index in [1.54, 1.807) is 0 Å². The second kappa shape index (κ2) is 3.41.